The summed E-state index contributed by atoms with van der Waals surface area (Å²) >= 11 is 6.28. The minimum absolute atomic E-state index is 0.460. The Balaban J connectivity index is 2.24. The van der Waals surface area contributed by atoms with E-state index in [0.29, 0.717) is 10.6 Å². The lowest BCUT2D eigenvalue weighted by Crippen LogP contribution is -2.12. The number of hydrogen-bond acceptors (Lipinski definition) is 2. The summed E-state index contributed by atoms with van der Waals surface area (Å²) < 4.78 is 0. The molecule has 0 saturated heterocycles. The third-order valence-electron chi connectivity index (χ3n) is 4.04. The number of anilines is 3. The van der Waals surface area contributed by atoms with Gasteiger partial charge in [-0.3, -0.25) is 0 Å². The molecule has 118 valence electrons. The molecule has 0 atom stereocenters. The van der Waals surface area contributed by atoms with Crippen LogP contribution in [0.3, 0.4) is 0 Å². The highest BCUT2D eigenvalue weighted by atomic mass is 35.5. The van der Waals surface area contributed by atoms with E-state index in [9.17, 15) is 0 Å². The molecule has 0 radical (unpaired) electrons. The Kier molecular flexibility index (Phi) is 4.55. The number of aryl methyl sites for hydroxylation is 2. The summed E-state index contributed by atoms with van der Waals surface area (Å²) in [6, 6.07) is 24.1. The molecule has 0 aromatic heterocycles. The second-order valence-electron chi connectivity index (χ2n) is 5.68. The minimum atomic E-state index is 0.460. The molecule has 0 aliphatic heterocycles. The standard InChI is InChI=1S/C21H17ClN2/c1-15-7-3-5-9-20(15)24(21-10-6-4-8-16(21)2)18-12-11-17(14-23)19(22)13-18/h3-13H,1-2H3. The van der Waals surface area contributed by atoms with Crippen molar-refractivity contribution in [3.05, 3.63) is 88.4 Å². The third kappa shape index (κ3) is 2.99. The van der Waals surface area contributed by atoms with Gasteiger partial charge in [0.2, 0.25) is 0 Å². The van der Waals surface area contributed by atoms with Crippen molar-refractivity contribution in [1.82, 2.24) is 0 Å². The van der Waals surface area contributed by atoms with Crippen LogP contribution < -0.4 is 4.90 Å². The van der Waals surface area contributed by atoms with Crippen molar-refractivity contribution >= 4 is 28.7 Å². The first kappa shape index (κ1) is 16.1. The average Bonchev–Trinajstić information content (AvgIpc) is 2.58. The molecule has 0 heterocycles. The molecular formula is C21H17ClN2. The number of nitrogens with zero attached hydrogens (tertiary/aromatic N) is 2. The number of nitriles is 1. The van der Waals surface area contributed by atoms with Crippen LogP contribution in [0.2, 0.25) is 5.02 Å². The van der Waals surface area contributed by atoms with E-state index in [2.05, 4.69) is 49.1 Å². The number of benzene rings is 3. The van der Waals surface area contributed by atoms with Crippen LogP contribution in [0.1, 0.15) is 16.7 Å². The van der Waals surface area contributed by atoms with E-state index in [4.69, 9.17) is 16.9 Å². The van der Waals surface area contributed by atoms with Crippen LogP contribution in [0, 0.1) is 25.2 Å². The molecule has 24 heavy (non-hydrogen) atoms. The molecule has 0 unspecified atom stereocenters. The Morgan fingerprint density at radius 3 is 1.83 bits per heavy atom. The normalized spacial score (nSPS) is 10.2. The average molecular weight is 333 g/mol. The minimum Gasteiger partial charge on any atom is -0.310 e. The van der Waals surface area contributed by atoms with Gasteiger partial charge in [-0.05, 0) is 55.3 Å². The molecule has 0 N–H and O–H groups in total. The topological polar surface area (TPSA) is 27.0 Å². The maximum atomic E-state index is 9.12. The van der Waals surface area contributed by atoms with Gasteiger partial charge in [0.15, 0.2) is 0 Å². The Bertz CT molecular complexity index is 880. The van der Waals surface area contributed by atoms with Gasteiger partial charge in [0.1, 0.15) is 6.07 Å². The second kappa shape index (κ2) is 6.78. The molecule has 0 aliphatic carbocycles. The Morgan fingerprint density at radius 1 is 0.833 bits per heavy atom. The fourth-order valence-corrected chi connectivity index (χ4v) is 2.99. The maximum absolute atomic E-state index is 9.12. The van der Waals surface area contributed by atoms with Crippen LogP contribution in [-0.2, 0) is 0 Å². The summed E-state index contributed by atoms with van der Waals surface area (Å²) in [6.07, 6.45) is 0. The largest absolute Gasteiger partial charge is 0.310 e. The molecule has 0 amide bonds. The van der Waals surface area contributed by atoms with Crippen molar-refractivity contribution in [2.24, 2.45) is 0 Å². The van der Waals surface area contributed by atoms with Crippen molar-refractivity contribution in [3.63, 3.8) is 0 Å². The third-order valence-corrected chi connectivity index (χ3v) is 4.36. The van der Waals surface area contributed by atoms with Crippen molar-refractivity contribution in [2.75, 3.05) is 4.90 Å². The predicted octanol–water partition coefficient (Wildman–Crippen LogP) is 6.30. The van der Waals surface area contributed by atoms with Crippen LogP contribution in [0.25, 0.3) is 0 Å². The van der Waals surface area contributed by atoms with Gasteiger partial charge >= 0.3 is 0 Å². The van der Waals surface area contributed by atoms with Gasteiger partial charge in [-0.25, -0.2) is 0 Å². The van der Waals surface area contributed by atoms with Gasteiger partial charge in [-0.2, -0.15) is 5.26 Å². The Hall–Kier alpha value is -2.76. The highest BCUT2D eigenvalue weighted by molar-refractivity contribution is 6.32. The number of halogens is 1. The lowest BCUT2D eigenvalue weighted by molar-refractivity contribution is 1.22. The van der Waals surface area contributed by atoms with Crippen LogP contribution in [0.5, 0.6) is 0 Å². The van der Waals surface area contributed by atoms with Gasteiger partial charge in [0.05, 0.1) is 10.6 Å². The molecule has 0 spiro atoms. The van der Waals surface area contributed by atoms with Crippen LogP contribution in [0.4, 0.5) is 17.1 Å². The van der Waals surface area contributed by atoms with E-state index >= 15 is 0 Å². The molecule has 0 bridgehead atoms. The molecule has 3 rings (SSSR count). The summed E-state index contributed by atoms with van der Waals surface area (Å²) in [7, 11) is 0. The number of rotatable bonds is 3. The predicted molar refractivity (Wildman–Crippen MR) is 100 cm³/mol. The van der Waals surface area contributed by atoms with E-state index < -0.39 is 0 Å². The maximum Gasteiger partial charge on any atom is 0.101 e. The van der Waals surface area contributed by atoms with Crippen molar-refractivity contribution in [1.29, 1.82) is 5.26 Å². The summed E-state index contributed by atoms with van der Waals surface area (Å²) in [5.41, 5.74) is 5.93. The quantitative estimate of drug-likeness (QED) is 0.562. The lowest BCUT2D eigenvalue weighted by atomic mass is 10.1. The lowest BCUT2D eigenvalue weighted by Gasteiger charge is -2.28. The number of hydrogen-bond donors (Lipinski definition) is 0. The molecule has 3 heteroatoms. The Morgan fingerprint density at radius 2 is 1.38 bits per heavy atom. The van der Waals surface area contributed by atoms with E-state index in [1.165, 1.54) is 11.1 Å². The Labute approximate surface area is 147 Å². The molecular weight excluding hydrogens is 316 g/mol. The van der Waals surface area contributed by atoms with Gasteiger partial charge < -0.3 is 4.90 Å². The highest BCUT2D eigenvalue weighted by Gasteiger charge is 2.16. The van der Waals surface area contributed by atoms with Crippen molar-refractivity contribution in [3.8, 4) is 6.07 Å². The first-order valence-electron chi connectivity index (χ1n) is 7.73. The van der Waals surface area contributed by atoms with Crippen molar-refractivity contribution in [2.45, 2.75) is 13.8 Å². The van der Waals surface area contributed by atoms with Crippen molar-refractivity contribution < 1.29 is 0 Å². The SMILES string of the molecule is Cc1ccccc1N(c1ccc(C#N)c(Cl)c1)c1ccccc1C. The fraction of sp³-hybridized carbons (Fsp3) is 0.0952. The van der Waals surface area contributed by atoms with Gasteiger partial charge in [-0.1, -0.05) is 48.0 Å². The zero-order valence-electron chi connectivity index (χ0n) is 13.6. The van der Waals surface area contributed by atoms with Crippen LogP contribution >= 0.6 is 11.6 Å². The highest BCUT2D eigenvalue weighted by Crippen LogP contribution is 2.39. The zero-order valence-corrected chi connectivity index (χ0v) is 14.4. The molecule has 0 aliphatic rings. The molecule has 0 saturated carbocycles. The van der Waals surface area contributed by atoms with Gasteiger partial charge in [-0.15, -0.1) is 0 Å². The second-order valence-corrected chi connectivity index (χ2v) is 6.09. The van der Waals surface area contributed by atoms with E-state index in [-0.39, 0.29) is 0 Å². The van der Waals surface area contributed by atoms with E-state index in [1.54, 1.807) is 6.07 Å². The van der Waals surface area contributed by atoms with E-state index in [0.717, 1.165) is 17.1 Å². The molecule has 0 fully saturated rings. The zero-order chi connectivity index (χ0) is 17.1. The van der Waals surface area contributed by atoms with Gasteiger partial charge in [0, 0.05) is 17.1 Å². The molecule has 3 aromatic rings. The first-order chi connectivity index (χ1) is 11.6. The van der Waals surface area contributed by atoms with Gasteiger partial charge in [0.25, 0.3) is 0 Å². The first-order valence-corrected chi connectivity index (χ1v) is 8.10. The number of para-hydroxylation sites is 2. The molecule has 2 nitrogen and oxygen atoms in total. The fourth-order valence-electron chi connectivity index (χ4n) is 2.77. The smallest absolute Gasteiger partial charge is 0.101 e. The van der Waals surface area contributed by atoms with E-state index in [1.807, 2.05) is 36.4 Å². The monoisotopic (exact) mass is 332 g/mol. The summed E-state index contributed by atoms with van der Waals surface area (Å²) in [5, 5.41) is 9.58. The van der Waals surface area contributed by atoms with Crippen LogP contribution in [0.15, 0.2) is 66.7 Å². The summed E-state index contributed by atoms with van der Waals surface area (Å²) in [4.78, 5) is 2.18. The van der Waals surface area contributed by atoms with Crippen LogP contribution in [-0.4, -0.2) is 0 Å². The molecule has 3 aromatic carbocycles. The summed E-state index contributed by atoms with van der Waals surface area (Å²) in [6.45, 7) is 4.18. The summed E-state index contributed by atoms with van der Waals surface area (Å²) in [5.74, 6) is 0.